The molecule has 0 aromatic heterocycles. The maximum absolute atomic E-state index is 11.1. The Labute approximate surface area is 94.4 Å². The van der Waals surface area contributed by atoms with Gasteiger partial charge in [0.1, 0.15) is 0 Å². The van der Waals surface area contributed by atoms with Crippen LogP contribution in [0.5, 0.6) is 0 Å². The van der Waals surface area contributed by atoms with E-state index in [-0.39, 0.29) is 24.8 Å². The monoisotopic (exact) mass is 230 g/mol. The average Bonchev–Trinajstić information content (AvgIpc) is 2.23. The number of amides is 2. The van der Waals surface area contributed by atoms with Gasteiger partial charge in [0.25, 0.3) is 0 Å². The minimum absolute atomic E-state index is 0.0358. The molecule has 6 heteroatoms. The topological polar surface area (TPSA) is 95.5 Å². The molecule has 0 spiro atoms. The normalized spacial score (nSPS) is 9.56. The Morgan fingerprint density at radius 1 is 1.00 bits per heavy atom. The van der Waals surface area contributed by atoms with Crippen LogP contribution in [0.2, 0.25) is 0 Å². The summed E-state index contributed by atoms with van der Waals surface area (Å²) in [4.78, 5) is 32.1. The molecule has 0 rings (SSSR count). The Hall–Kier alpha value is -1.59. The Morgan fingerprint density at radius 2 is 1.56 bits per heavy atom. The van der Waals surface area contributed by atoms with Crippen LogP contribution in [-0.2, 0) is 14.4 Å². The Morgan fingerprint density at radius 3 is 2.06 bits per heavy atom. The van der Waals surface area contributed by atoms with Crippen molar-refractivity contribution >= 4 is 17.8 Å². The maximum atomic E-state index is 11.1. The summed E-state index contributed by atoms with van der Waals surface area (Å²) in [5, 5.41) is 13.3. The van der Waals surface area contributed by atoms with Crippen LogP contribution in [0, 0.1) is 0 Å². The molecule has 0 unspecified atom stereocenters. The molecular weight excluding hydrogens is 212 g/mol. The summed E-state index contributed by atoms with van der Waals surface area (Å²) < 4.78 is 0. The summed E-state index contributed by atoms with van der Waals surface area (Å²) in [6.07, 6.45) is 1.97. The van der Waals surface area contributed by atoms with Gasteiger partial charge in [0.2, 0.25) is 11.8 Å². The van der Waals surface area contributed by atoms with Crippen molar-refractivity contribution in [1.29, 1.82) is 0 Å². The van der Waals surface area contributed by atoms with Crippen molar-refractivity contribution in [2.75, 3.05) is 13.6 Å². The van der Waals surface area contributed by atoms with E-state index in [1.807, 2.05) is 0 Å². The van der Waals surface area contributed by atoms with Gasteiger partial charge in [0, 0.05) is 26.4 Å². The maximum Gasteiger partial charge on any atom is 0.305 e. The molecule has 0 saturated carbocycles. The number of nitrogens with one attached hydrogen (secondary N) is 2. The second-order valence-electron chi connectivity index (χ2n) is 3.37. The van der Waals surface area contributed by atoms with Crippen LogP contribution in [0.1, 0.15) is 32.1 Å². The van der Waals surface area contributed by atoms with Gasteiger partial charge < -0.3 is 15.7 Å². The zero-order valence-electron chi connectivity index (χ0n) is 9.41. The predicted molar refractivity (Wildman–Crippen MR) is 57.8 cm³/mol. The first-order valence-electron chi connectivity index (χ1n) is 5.25. The summed E-state index contributed by atoms with van der Waals surface area (Å²) >= 11 is 0. The summed E-state index contributed by atoms with van der Waals surface area (Å²) in [7, 11) is 1.57. The van der Waals surface area contributed by atoms with E-state index in [9.17, 15) is 14.4 Å². The third-order valence-corrected chi connectivity index (χ3v) is 2.00. The second-order valence-corrected chi connectivity index (χ2v) is 3.37. The zero-order valence-corrected chi connectivity index (χ0v) is 9.41. The SMILES string of the molecule is CNC(=O)CCCCC(=O)NCCC(=O)O. The molecule has 0 aliphatic heterocycles. The van der Waals surface area contributed by atoms with Crippen LogP contribution >= 0.6 is 0 Å². The van der Waals surface area contributed by atoms with Crippen molar-refractivity contribution in [2.24, 2.45) is 0 Å². The highest BCUT2D eigenvalue weighted by Gasteiger charge is 2.03. The fourth-order valence-electron chi connectivity index (χ4n) is 1.09. The van der Waals surface area contributed by atoms with E-state index < -0.39 is 5.97 Å². The highest BCUT2D eigenvalue weighted by Crippen LogP contribution is 1.99. The van der Waals surface area contributed by atoms with Crippen LogP contribution < -0.4 is 10.6 Å². The number of carboxylic acids is 1. The number of aliphatic carboxylic acids is 1. The third kappa shape index (κ3) is 8.98. The van der Waals surface area contributed by atoms with Crippen molar-refractivity contribution in [3.63, 3.8) is 0 Å². The molecule has 3 N–H and O–H groups in total. The van der Waals surface area contributed by atoms with Crippen molar-refractivity contribution in [3.05, 3.63) is 0 Å². The lowest BCUT2D eigenvalue weighted by molar-refractivity contribution is -0.137. The van der Waals surface area contributed by atoms with Crippen LogP contribution in [0.3, 0.4) is 0 Å². The van der Waals surface area contributed by atoms with Crippen LogP contribution in [-0.4, -0.2) is 36.5 Å². The highest BCUT2D eigenvalue weighted by atomic mass is 16.4. The number of carbonyl (C=O) groups excluding carboxylic acids is 2. The summed E-state index contributed by atoms with van der Waals surface area (Å²) in [5.74, 6) is -1.13. The van der Waals surface area contributed by atoms with E-state index in [1.165, 1.54) is 0 Å². The number of hydrogen-bond acceptors (Lipinski definition) is 3. The quantitative estimate of drug-likeness (QED) is 0.507. The van der Waals surface area contributed by atoms with Crippen LogP contribution in [0.15, 0.2) is 0 Å². The average molecular weight is 230 g/mol. The number of unbranched alkanes of at least 4 members (excludes halogenated alkanes) is 1. The standard InChI is InChI=1S/C10H18N2O4/c1-11-8(13)4-2-3-5-9(14)12-7-6-10(15)16/h2-7H2,1H3,(H,11,13)(H,12,14)(H,15,16). The van der Waals surface area contributed by atoms with Crippen molar-refractivity contribution < 1.29 is 19.5 Å². The Balaban J connectivity index is 3.37. The van der Waals surface area contributed by atoms with Gasteiger partial charge in [0.15, 0.2) is 0 Å². The molecule has 0 aromatic rings. The van der Waals surface area contributed by atoms with Gasteiger partial charge in [-0.2, -0.15) is 0 Å². The van der Waals surface area contributed by atoms with Crippen LogP contribution in [0.25, 0.3) is 0 Å². The number of rotatable bonds is 8. The molecule has 0 aromatic carbocycles. The van der Waals surface area contributed by atoms with Gasteiger partial charge in [-0.15, -0.1) is 0 Å². The lowest BCUT2D eigenvalue weighted by Gasteiger charge is -2.03. The summed E-state index contributed by atoms with van der Waals surface area (Å²) in [6.45, 7) is 0.156. The minimum atomic E-state index is -0.931. The van der Waals surface area contributed by atoms with Gasteiger partial charge in [-0.3, -0.25) is 14.4 Å². The minimum Gasteiger partial charge on any atom is -0.481 e. The Bertz CT molecular complexity index is 253. The zero-order chi connectivity index (χ0) is 12.4. The molecule has 0 aliphatic carbocycles. The number of carbonyl (C=O) groups is 3. The van der Waals surface area contributed by atoms with Gasteiger partial charge in [0.05, 0.1) is 6.42 Å². The molecule has 92 valence electrons. The first-order valence-corrected chi connectivity index (χ1v) is 5.25. The summed E-state index contributed by atoms with van der Waals surface area (Å²) in [6, 6.07) is 0. The second kappa shape index (κ2) is 8.70. The Kier molecular flexibility index (Phi) is 7.83. The molecule has 2 amide bonds. The molecule has 16 heavy (non-hydrogen) atoms. The molecule has 6 nitrogen and oxygen atoms in total. The van der Waals surface area contributed by atoms with E-state index in [0.717, 1.165) is 0 Å². The summed E-state index contributed by atoms with van der Waals surface area (Å²) in [5.41, 5.74) is 0. The molecule has 0 fully saturated rings. The van der Waals surface area contributed by atoms with E-state index >= 15 is 0 Å². The van der Waals surface area contributed by atoms with Gasteiger partial charge in [-0.05, 0) is 12.8 Å². The van der Waals surface area contributed by atoms with Crippen molar-refractivity contribution in [2.45, 2.75) is 32.1 Å². The number of carboxylic acid groups (broad SMARTS) is 1. The predicted octanol–water partition coefficient (Wildman–Crippen LogP) is -0.116. The lowest BCUT2D eigenvalue weighted by atomic mass is 10.2. The third-order valence-electron chi connectivity index (χ3n) is 2.00. The molecule has 0 atom stereocenters. The van der Waals surface area contributed by atoms with Gasteiger partial charge in [-0.25, -0.2) is 0 Å². The molecule has 0 radical (unpaired) electrons. The first kappa shape index (κ1) is 14.4. The molecule has 0 bridgehead atoms. The molecule has 0 aliphatic rings. The van der Waals surface area contributed by atoms with Gasteiger partial charge in [-0.1, -0.05) is 0 Å². The van der Waals surface area contributed by atoms with Gasteiger partial charge >= 0.3 is 5.97 Å². The van der Waals surface area contributed by atoms with E-state index in [4.69, 9.17) is 5.11 Å². The first-order chi connectivity index (χ1) is 7.56. The van der Waals surface area contributed by atoms with E-state index in [0.29, 0.717) is 25.7 Å². The number of hydrogen-bond donors (Lipinski definition) is 3. The molecule has 0 heterocycles. The van der Waals surface area contributed by atoms with Crippen LogP contribution in [0.4, 0.5) is 0 Å². The van der Waals surface area contributed by atoms with E-state index in [2.05, 4.69) is 10.6 Å². The fraction of sp³-hybridized carbons (Fsp3) is 0.700. The van der Waals surface area contributed by atoms with Crippen molar-refractivity contribution in [1.82, 2.24) is 10.6 Å². The fourth-order valence-corrected chi connectivity index (χ4v) is 1.09. The molecule has 0 saturated heterocycles. The van der Waals surface area contributed by atoms with E-state index in [1.54, 1.807) is 7.05 Å². The largest absolute Gasteiger partial charge is 0.481 e. The smallest absolute Gasteiger partial charge is 0.305 e. The lowest BCUT2D eigenvalue weighted by Crippen LogP contribution is -2.25. The van der Waals surface area contributed by atoms with Crippen molar-refractivity contribution in [3.8, 4) is 0 Å². The highest BCUT2D eigenvalue weighted by molar-refractivity contribution is 5.77. The molecular formula is C10H18N2O4.